The van der Waals surface area contributed by atoms with E-state index in [-0.39, 0.29) is 0 Å². The highest BCUT2D eigenvalue weighted by Crippen LogP contribution is 1.96. The number of hydrogen-bond donors (Lipinski definition) is 1. The van der Waals surface area contributed by atoms with E-state index in [0.717, 1.165) is 0 Å². The summed E-state index contributed by atoms with van der Waals surface area (Å²) in [4.78, 5) is 0. The molecule has 2 radical (unpaired) electrons. The summed E-state index contributed by atoms with van der Waals surface area (Å²) in [6, 6.07) is 0. The molecular formula is C4H6N2. The average molecular weight is 82.1 g/mol. The van der Waals surface area contributed by atoms with Crippen LogP contribution in [0.4, 0.5) is 0 Å². The van der Waals surface area contributed by atoms with Gasteiger partial charge in [0.15, 0.2) is 0 Å². The van der Waals surface area contributed by atoms with E-state index in [1.807, 2.05) is 13.5 Å². The molecule has 2 nitrogen and oxygen atoms in total. The zero-order valence-electron chi connectivity index (χ0n) is 3.60. The molecule has 0 fully saturated rings. The monoisotopic (exact) mass is 82.1 g/mol. The minimum absolute atomic E-state index is 0.394. The number of hydrazone groups is 1. The molecule has 1 N–H and O–H groups in total. The summed E-state index contributed by atoms with van der Waals surface area (Å²) < 4.78 is 0. The van der Waals surface area contributed by atoms with Crippen molar-refractivity contribution in [1.29, 1.82) is 0 Å². The fraction of sp³-hybridized carbons (Fsp3) is 0.500. The molecule has 0 aromatic rings. The topological polar surface area (TPSA) is 24.4 Å². The van der Waals surface area contributed by atoms with Crippen LogP contribution in [0.2, 0.25) is 0 Å². The van der Waals surface area contributed by atoms with E-state index in [9.17, 15) is 0 Å². The van der Waals surface area contributed by atoms with Crippen molar-refractivity contribution in [1.82, 2.24) is 5.43 Å². The molecule has 6 heavy (non-hydrogen) atoms. The fourth-order valence-corrected chi connectivity index (χ4v) is 0.325. The smallest absolute Gasteiger partial charge is 0.0888 e. The van der Waals surface area contributed by atoms with Gasteiger partial charge in [0.2, 0.25) is 0 Å². The molecule has 1 rings (SSSR count). The second-order valence-corrected chi connectivity index (χ2v) is 1.33. The molecule has 0 aromatic heterocycles. The zero-order valence-corrected chi connectivity index (χ0v) is 3.60. The molecule has 1 unspecified atom stereocenters. The summed E-state index contributed by atoms with van der Waals surface area (Å²) in [5, 5.41) is 3.61. The first-order valence-electron chi connectivity index (χ1n) is 1.94. The van der Waals surface area contributed by atoms with Gasteiger partial charge in [-0.3, -0.25) is 0 Å². The molecule has 0 saturated carbocycles. The first kappa shape index (κ1) is 3.65. The van der Waals surface area contributed by atoms with Gasteiger partial charge in [-0.1, -0.05) is 6.92 Å². The third-order valence-electron chi connectivity index (χ3n) is 0.657. The van der Waals surface area contributed by atoms with Crippen molar-refractivity contribution in [3.05, 3.63) is 6.54 Å². The van der Waals surface area contributed by atoms with Crippen LogP contribution < -0.4 is 5.43 Å². The fourth-order valence-electron chi connectivity index (χ4n) is 0.325. The maximum atomic E-state index is 3.61. The van der Waals surface area contributed by atoms with E-state index in [2.05, 4.69) is 16.7 Å². The van der Waals surface area contributed by atoms with E-state index >= 15 is 0 Å². The van der Waals surface area contributed by atoms with Crippen LogP contribution in [-0.2, 0) is 0 Å². The average Bonchev–Trinajstić information content (AvgIpc) is 1.86. The number of nitrogens with one attached hydrogen (secondary N) is 1. The lowest BCUT2D eigenvalue weighted by molar-refractivity contribution is 0.824. The Bertz CT molecular complexity index is 67.9. The van der Waals surface area contributed by atoms with Gasteiger partial charge in [-0.05, 0) is 0 Å². The molecule has 0 saturated heterocycles. The predicted octanol–water partition coefficient (Wildman–Crippen LogP) is 0.250. The van der Waals surface area contributed by atoms with Crippen molar-refractivity contribution in [2.45, 2.75) is 6.92 Å². The van der Waals surface area contributed by atoms with E-state index in [1.54, 1.807) is 0 Å². The maximum Gasteiger partial charge on any atom is 0.0888 e. The van der Waals surface area contributed by atoms with Crippen molar-refractivity contribution < 1.29 is 0 Å². The Balaban J connectivity index is 2.38. The van der Waals surface area contributed by atoms with Crippen molar-refractivity contribution in [3.8, 4) is 0 Å². The van der Waals surface area contributed by atoms with Gasteiger partial charge in [0.1, 0.15) is 0 Å². The molecule has 2 heteroatoms. The van der Waals surface area contributed by atoms with E-state index in [1.165, 1.54) is 0 Å². The van der Waals surface area contributed by atoms with E-state index in [0.29, 0.717) is 5.92 Å². The lowest BCUT2D eigenvalue weighted by Gasteiger charge is -1.86. The lowest BCUT2D eigenvalue weighted by atomic mass is 10.2. The van der Waals surface area contributed by atoms with Gasteiger partial charge in [-0.2, -0.15) is 5.10 Å². The molecule has 1 aliphatic rings. The summed E-state index contributed by atoms with van der Waals surface area (Å²) in [7, 11) is 0. The molecule has 0 aromatic carbocycles. The zero-order chi connectivity index (χ0) is 4.41. The second-order valence-electron chi connectivity index (χ2n) is 1.33. The molecule has 32 valence electrons. The van der Waals surface area contributed by atoms with Crippen LogP contribution in [0.1, 0.15) is 6.92 Å². The molecule has 0 amide bonds. The Kier molecular flexibility index (Phi) is 0.783. The van der Waals surface area contributed by atoms with Crippen molar-refractivity contribution >= 4 is 6.21 Å². The van der Waals surface area contributed by atoms with Crippen LogP contribution in [0.25, 0.3) is 0 Å². The van der Waals surface area contributed by atoms with Gasteiger partial charge < -0.3 is 5.43 Å². The highest BCUT2D eigenvalue weighted by Gasteiger charge is 2.01. The van der Waals surface area contributed by atoms with Crippen molar-refractivity contribution in [3.63, 3.8) is 0 Å². The normalized spacial score (nSPS) is 30.5. The lowest BCUT2D eigenvalue weighted by Crippen LogP contribution is -1.96. The summed E-state index contributed by atoms with van der Waals surface area (Å²) in [6.45, 7) is 3.89. The maximum absolute atomic E-state index is 3.61. The van der Waals surface area contributed by atoms with Crippen LogP contribution in [0, 0.1) is 12.5 Å². The first-order chi connectivity index (χ1) is 2.89. The van der Waals surface area contributed by atoms with E-state index < -0.39 is 0 Å². The first-order valence-corrected chi connectivity index (χ1v) is 1.94. The minimum atomic E-state index is 0.394. The highest BCUT2D eigenvalue weighted by atomic mass is 15.3. The largest absolute Gasteiger partial charge is 0.304 e. The van der Waals surface area contributed by atoms with Crippen LogP contribution in [0.5, 0.6) is 0 Å². The Labute approximate surface area is 37.2 Å². The SMILES string of the molecule is CC1[C]=NN[CH]1. The summed E-state index contributed by atoms with van der Waals surface area (Å²) in [6.07, 6.45) is 2.78. The van der Waals surface area contributed by atoms with E-state index in [4.69, 9.17) is 0 Å². The molecule has 1 aliphatic heterocycles. The van der Waals surface area contributed by atoms with Gasteiger partial charge >= 0.3 is 0 Å². The molecule has 0 spiro atoms. The number of rotatable bonds is 0. The Morgan fingerprint density at radius 3 is 3.00 bits per heavy atom. The van der Waals surface area contributed by atoms with Crippen molar-refractivity contribution in [2.75, 3.05) is 0 Å². The Morgan fingerprint density at radius 1 is 2.00 bits per heavy atom. The molecule has 0 aliphatic carbocycles. The summed E-state index contributed by atoms with van der Waals surface area (Å²) in [5.74, 6) is 0.394. The third kappa shape index (κ3) is 0.506. The number of hydrogen-bond acceptors (Lipinski definition) is 2. The Morgan fingerprint density at radius 2 is 2.83 bits per heavy atom. The standard InChI is InChI=1S/C4H6N2/c1-4-2-5-6-3-4/h2,4-5H,1H3. The number of nitrogens with zero attached hydrogens (tertiary/aromatic N) is 1. The summed E-state index contributed by atoms with van der Waals surface area (Å²) >= 11 is 0. The third-order valence-corrected chi connectivity index (χ3v) is 0.657. The quantitative estimate of drug-likeness (QED) is 0.445. The van der Waals surface area contributed by atoms with Gasteiger partial charge in [0, 0.05) is 5.92 Å². The van der Waals surface area contributed by atoms with Gasteiger partial charge in [0.25, 0.3) is 0 Å². The van der Waals surface area contributed by atoms with Gasteiger partial charge in [0.05, 0.1) is 12.8 Å². The predicted molar refractivity (Wildman–Crippen MR) is 24.0 cm³/mol. The van der Waals surface area contributed by atoms with Crippen LogP contribution in [0.3, 0.4) is 0 Å². The highest BCUT2D eigenvalue weighted by molar-refractivity contribution is 5.63. The molecule has 1 heterocycles. The Hall–Kier alpha value is -0.530. The molecular weight excluding hydrogens is 76.1 g/mol. The van der Waals surface area contributed by atoms with Crippen molar-refractivity contribution in [2.24, 2.45) is 11.0 Å². The molecule has 0 bridgehead atoms. The van der Waals surface area contributed by atoms with Gasteiger partial charge in [-0.25, -0.2) is 0 Å². The molecule has 1 atom stereocenters. The summed E-state index contributed by atoms with van der Waals surface area (Å²) in [5.41, 5.74) is 2.66. The minimum Gasteiger partial charge on any atom is -0.304 e. The van der Waals surface area contributed by atoms with Crippen LogP contribution >= 0.6 is 0 Å². The van der Waals surface area contributed by atoms with Crippen LogP contribution in [0.15, 0.2) is 5.10 Å². The van der Waals surface area contributed by atoms with Gasteiger partial charge in [-0.15, -0.1) is 0 Å². The van der Waals surface area contributed by atoms with Crippen LogP contribution in [-0.4, -0.2) is 6.21 Å². The second kappa shape index (κ2) is 1.29.